The predicted molar refractivity (Wildman–Crippen MR) is 112 cm³/mol. The van der Waals surface area contributed by atoms with Gasteiger partial charge in [0.05, 0.1) is 11.6 Å². The monoisotopic (exact) mass is 373 g/mol. The van der Waals surface area contributed by atoms with Crippen LogP contribution < -0.4 is 4.74 Å². The number of hydrogen-bond acceptors (Lipinski definition) is 2. The molecule has 0 N–H and O–H groups in total. The Balaban J connectivity index is 1.83. The highest BCUT2D eigenvalue weighted by Crippen LogP contribution is 2.28. The van der Waals surface area contributed by atoms with E-state index >= 15 is 0 Å². The molecule has 0 fully saturated rings. The number of hydrogen-bond donors (Lipinski definition) is 0. The maximum atomic E-state index is 9.51. The van der Waals surface area contributed by atoms with E-state index in [1.54, 1.807) is 0 Å². The molecule has 3 aromatic carbocycles. The predicted octanol–water partition coefficient (Wildman–Crippen LogP) is 6.60. The Morgan fingerprint density at radius 2 is 1.63 bits per heavy atom. The number of nitriles is 1. The van der Waals surface area contributed by atoms with E-state index in [1.807, 2.05) is 86.7 Å². The molecule has 0 amide bonds. The number of allylic oxidation sites excluding steroid dienone is 1. The number of aryl methyl sites for hydroxylation is 2. The SMILES string of the molecule is Cc1cc(/C=C(\C#N)c2ccccc2)cc(C)c1OCc1ccc(Cl)cc1. The second-order valence-corrected chi connectivity index (χ2v) is 6.87. The van der Waals surface area contributed by atoms with Gasteiger partial charge in [-0.05, 0) is 72.0 Å². The summed E-state index contributed by atoms with van der Waals surface area (Å²) in [4.78, 5) is 0. The van der Waals surface area contributed by atoms with Crippen LogP contribution in [0.3, 0.4) is 0 Å². The topological polar surface area (TPSA) is 33.0 Å². The molecule has 0 aliphatic heterocycles. The largest absolute Gasteiger partial charge is 0.488 e. The Kier molecular flexibility index (Phi) is 5.96. The zero-order valence-corrected chi connectivity index (χ0v) is 16.1. The first kappa shape index (κ1) is 18.8. The van der Waals surface area contributed by atoms with E-state index in [9.17, 15) is 5.26 Å². The van der Waals surface area contributed by atoms with Crippen LogP contribution in [0.4, 0.5) is 0 Å². The van der Waals surface area contributed by atoms with E-state index < -0.39 is 0 Å². The molecule has 0 aliphatic carbocycles. The molecule has 0 atom stereocenters. The van der Waals surface area contributed by atoms with Crippen molar-refractivity contribution in [3.05, 3.63) is 99.6 Å². The van der Waals surface area contributed by atoms with Gasteiger partial charge in [0.15, 0.2) is 0 Å². The van der Waals surface area contributed by atoms with E-state index in [0.717, 1.165) is 33.6 Å². The lowest BCUT2D eigenvalue weighted by molar-refractivity contribution is 0.302. The van der Waals surface area contributed by atoms with Crippen molar-refractivity contribution in [3.8, 4) is 11.8 Å². The molecular weight excluding hydrogens is 354 g/mol. The van der Waals surface area contributed by atoms with E-state index in [4.69, 9.17) is 16.3 Å². The van der Waals surface area contributed by atoms with Crippen LogP contribution in [0.1, 0.15) is 27.8 Å². The molecule has 0 heterocycles. The van der Waals surface area contributed by atoms with Gasteiger partial charge in [0.2, 0.25) is 0 Å². The fourth-order valence-corrected chi connectivity index (χ4v) is 3.12. The van der Waals surface area contributed by atoms with Crippen molar-refractivity contribution >= 4 is 23.3 Å². The Morgan fingerprint density at radius 3 is 2.22 bits per heavy atom. The molecule has 0 aliphatic rings. The third-order valence-electron chi connectivity index (χ3n) is 4.30. The summed E-state index contributed by atoms with van der Waals surface area (Å²) in [6.07, 6.45) is 1.91. The zero-order valence-electron chi connectivity index (χ0n) is 15.4. The zero-order chi connectivity index (χ0) is 19.2. The molecule has 0 unspecified atom stereocenters. The molecule has 0 saturated carbocycles. The van der Waals surface area contributed by atoms with Crippen LogP contribution >= 0.6 is 11.6 Å². The molecule has 0 aromatic heterocycles. The van der Waals surface area contributed by atoms with E-state index in [-0.39, 0.29) is 0 Å². The van der Waals surface area contributed by atoms with Gasteiger partial charge >= 0.3 is 0 Å². The molecule has 0 bridgehead atoms. The summed E-state index contributed by atoms with van der Waals surface area (Å²) < 4.78 is 6.04. The lowest BCUT2D eigenvalue weighted by Gasteiger charge is -2.13. The van der Waals surface area contributed by atoms with Gasteiger partial charge in [0, 0.05) is 5.02 Å². The fraction of sp³-hybridized carbons (Fsp3) is 0.125. The number of ether oxygens (including phenoxy) is 1. The van der Waals surface area contributed by atoms with E-state index in [0.29, 0.717) is 17.2 Å². The van der Waals surface area contributed by atoms with Gasteiger partial charge in [-0.2, -0.15) is 5.26 Å². The first-order valence-electron chi connectivity index (χ1n) is 8.72. The van der Waals surface area contributed by atoms with Gasteiger partial charge < -0.3 is 4.74 Å². The molecule has 27 heavy (non-hydrogen) atoms. The minimum Gasteiger partial charge on any atom is -0.488 e. The van der Waals surface area contributed by atoms with Gasteiger partial charge in [-0.3, -0.25) is 0 Å². The van der Waals surface area contributed by atoms with Crippen molar-refractivity contribution < 1.29 is 4.74 Å². The summed E-state index contributed by atoms with van der Waals surface area (Å²) in [5.74, 6) is 0.875. The molecule has 134 valence electrons. The van der Waals surface area contributed by atoms with Crippen molar-refractivity contribution in [2.75, 3.05) is 0 Å². The third-order valence-corrected chi connectivity index (χ3v) is 4.55. The van der Waals surface area contributed by atoms with Crippen molar-refractivity contribution in [2.45, 2.75) is 20.5 Å². The Morgan fingerprint density at radius 1 is 1.00 bits per heavy atom. The minimum atomic E-state index is 0.488. The number of benzene rings is 3. The van der Waals surface area contributed by atoms with Crippen LogP contribution in [0.25, 0.3) is 11.6 Å². The molecule has 2 nitrogen and oxygen atoms in total. The summed E-state index contributed by atoms with van der Waals surface area (Å²) >= 11 is 5.93. The molecule has 0 radical (unpaired) electrons. The van der Waals surface area contributed by atoms with Crippen LogP contribution in [-0.2, 0) is 6.61 Å². The van der Waals surface area contributed by atoms with Crippen molar-refractivity contribution in [1.82, 2.24) is 0 Å². The molecule has 3 rings (SSSR count). The highest BCUT2D eigenvalue weighted by molar-refractivity contribution is 6.30. The molecule has 3 heteroatoms. The first-order chi connectivity index (χ1) is 13.1. The molecule has 0 spiro atoms. The maximum absolute atomic E-state index is 9.51. The summed E-state index contributed by atoms with van der Waals surface area (Å²) in [7, 11) is 0. The van der Waals surface area contributed by atoms with Crippen LogP contribution in [0.15, 0.2) is 66.7 Å². The van der Waals surface area contributed by atoms with Gasteiger partial charge in [0.1, 0.15) is 12.4 Å². The van der Waals surface area contributed by atoms with E-state index in [1.165, 1.54) is 0 Å². The second-order valence-electron chi connectivity index (χ2n) is 6.43. The standard InChI is InChI=1S/C24H20ClNO/c1-17-12-20(14-22(15-26)21-6-4-3-5-7-21)13-18(2)24(17)27-16-19-8-10-23(25)11-9-19/h3-14H,16H2,1-2H3/b22-14+. The number of rotatable bonds is 5. The Bertz CT molecular complexity index is 976. The van der Waals surface area contributed by atoms with Crippen LogP contribution in [0.2, 0.25) is 5.02 Å². The van der Waals surface area contributed by atoms with Gasteiger partial charge in [0.25, 0.3) is 0 Å². The molecule has 0 saturated heterocycles. The lowest BCUT2D eigenvalue weighted by Crippen LogP contribution is -1.99. The fourth-order valence-electron chi connectivity index (χ4n) is 3.00. The average molecular weight is 374 g/mol. The van der Waals surface area contributed by atoms with Crippen molar-refractivity contribution in [1.29, 1.82) is 5.26 Å². The number of nitrogens with zero attached hydrogens (tertiary/aromatic N) is 1. The van der Waals surface area contributed by atoms with Crippen LogP contribution in [0, 0.1) is 25.2 Å². The quantitative estimate of drug-likeness (QED) is 0.373. The maximum Gasteiger partial charge on any atom is 0.125 e. The Labute approximate surface area is 165 Å². The highest BCUT2D eigenvalue weighted by atomic mass is 35.5. The van der Waals surface area contributed by atoms with Gasteiger partial charge in [-0.1, -0.05) is 54.1 Å². The van der Waals surface area contributed by atoms with Crippen LogP contribution in [0.5, 0.6) is 5.75 Å². The van der Waals surface area contributed by atoms with Gasteiger partial charge in [-0.25, -0.2) is 0 Å². The number of halogens is 1. The van der Waals surface area contributed by atoms with Crippen molar-refractivity contribution in [2.24, 2.45) is 0 Å². The van der Waals surface area contributed by atoms with Crippen molar-refractivity contribution in [3.63, 3.8) is 0 Å². The normalized spacial score (nSPS) is 11.1. The highest BCUT2D eigenvalue weighted by Gasteiger charge is 2.08. The summed E-state index contributed by atoms with van der Waals surface area (Å²) in [5, 5.41) is 10.2. The Hall–Kier alpha value is -3.02. The van der Waals surface area contributed by atoms with Gasteiger partial charge in [-0.15, -0.1) is 0 Å². The smallest absolute Gasteiger partial charge is 0.125 e. The summed E-state index contributed by atoms with van der Waals surface area (Å²) in [6.45, 7) is 4.54. The summed E-state index contributed by atoms with van der Waals surface area (Å²) in [6, 6.07) is 23.7. The first-order valence-corrected chi connectivity index (χ1v) is 9.10. The molecular formula is C24H20ClNO. The minimum absolute atomic E-state index is 0.488. The average Bonchev–Trinajstić information content (AvgIpc) is 2.67. The summed E-state index contributed by atoms with van der Waals surface area (Å²) in [5.41, 5.74) is 5.70. The van der Waals surface area contributed by atoms with Crippen LogP contribution in [-0.4, -0.2) is 0 Å². The molecule has 3 aromatic rings. The van der Waals surface area contributed by atoms with E-state index in [2.05, 4.69) is 6.07 Å². The third kappa shape index (κ3) is 4.78. The lowest BCUT2D eigenvalue weighted by atomic mass is 10.0. The second kappa shape index (κ2) is 8.58.